The van der Waals surface area contributed by atoms with Crippen LogP contribution in [0, 0.1) is 0 Å². The molecule has 1 aromatic carbocycles. The molecule has 4 heteroatoms. The predicted octanol–water partition coefficient (Wildman–Crippen LogP) is 2.61. The average Bonchev–Trinajstić information content (AvgIpc) is 2.27. The van der Waals surface area contributed by atoms with E-state index in [1.54, 1.807) is 18.8 Å². The summed E-state index contributed by atoms with van der Waals surface area (Å²) >= 11 is 1.67. The highest BCUT2D eigenvalue weighted by atomic mass is 32.2. The van der Waals surface area contributed by atoms with Gasteiger partial charge in [0.2, 0.25) is 0 Å². The fourth-order valence-corrected chi connectivity index (χ4v) is 1.46. The lowest BCUT2D eigenvalue weighted by molar-refractivity contribution is 0.180. The molecule has 1 aromatic rings. The lowest BCUT2D eigenvalue weighted by Crippen LogP contribution is -2.25. The van der Waals surface area contributed by atoms with Crippen molar-refractivity contribution in [2.45, 2.75) is 4.90 Å². The summed E-state index contributed by atoms with van der Waals surface area (Å²) in [4.78, 5) is 13.8. The summed E-state index contributed by atoms with van der Waals surface area (Å²) < 4.78 is 4.60. The number of amides is 1. The third kappa shape index (κ3) is 2.42. The summed E-state index contributed by atoms with van der Waals surface area (Å²) in [5, 5.41) is 0. The lowest BCUT2D eigenvalue weighted by Gasteiger charge is -2.15. The Morgan fingerprint density at radius 1 is 1.36 bits per heavy atom. The van der Waals surface area contributed by atoms with Crippen LogP contribution in [-0.2, 0) is 4.74 Å². The Morgan fingerprint density at radius 3 is 2.36 bits per heavy atom. The maximum Gasteiger partial charge on any atom is 0.413 e. The van der Waals surface area contributed by atoms with E-state index in [2.05, 4.69) is 4.74 Å². The SMILES string of the molecule is COC(=O)N(C)c1ccc(SC)cc1. The Morgan fingerprint density at radius 2 is 1.93 bits per heavy atom. The summed E-state index contributed by atoms with van der Waals surface area (Å²) in [5.74, 6) is 0. The molecule has 0 aliphatic rings. The zero-order chi connectivity index (χ0) is 10.6. The van der Waals surface area contributed by atoms with E-state index in [0.29, 0.717) is 0 Å². The molecule has 1 amide bonds. The summed E-state index contributed by atoms with van der Waals surface area (Å²) in [6.07, 6.45) is 1.65. The molecule has 0 unspecified atom stereocenters. The standard InChI is InChI=1S/C10H13NO2S/c1-11(10(12)13-2)8-4-6-9(14-3)7-5-8/h4-7H,1-3H3. The number of benzene rings is 1. The minimum Gasteiger partial charge on any atom is -0.452 e. The number of hydrogen-bond donors (Lipinski definition) is 0. The highest BCUT2D eigenvalue weighted by molar-refractivity contribution is 7.98. The summed E-state index contributed by atoms with van der Waals surface area (Å²) in [7, 11) is 3.05. The molecule has 1 rings (SSSR count). The monoisotopic (exact) mass is 211 g/mol. The largest absolute Gasteiger partial charge is 0.452 e. The van der Waals surface area contributed by atoms with Crippen molar-refractivity contribution < 1.29 is 9.53 Å². The van der Waals surface area contributed by atoms with Gasteiger partial charge in [0.25, 0.3) is 0 Å². The molecule has 0 N–H and O–H groups in total. The fourth-order valence-electron chi connectivity index (χ4n) is 1.05. The van der Waals surface area contributed by atoms with Crippen molar-refractivity contribution in [3.05, 3.63) is 24.3 Å². The van der Waals surface area contributed by atoms with Gasteiger partial charge in [-0.2, -0.15) is 0 Å². The van der Waals surface area contributed by atoms with Crippen LogP contribution in [0.4, 0.5) is 10.5 Å². The molecule has 76 valence electrons. The van der Waals surface area contributed by atoms with Gasteiger partial charge in [0, 0.05) is 17.6 Å². The molecule has 0 aromatic heterocycles. The first-order valence-electron chi connectivity index (χ1n) is 4.14. The smallest absolute Gasteiger partial charge is 0.413 e. The minimum atomic E-state index is -0.359. The number of anilines is 1. The number of methoxy groups -OCH3 is 1. The van der Waals surface area contributed by atoms with E-state index < -0.39 is 0 Å². The van der Waals surface area contributed by atoms with Crippen LogP contribution in [0.1, 0.15) is 0 Å². The molecule has 0 spiro atoms. The number of nitrogens with zero attached hydrogens (tertiary/aromatic N) is 1. The highest BCUT2D eigenvalue weighted by Crippen LogP contribution is 2.19. The van der Waals surface area contributed by atoms with Gasteiger partial charge in [0.15, 0.2) is 0 Å². The van der Waals surface area contributed by atoms with Crippen molar-refractivity contribution in [1.82, 2.24) is 0 Å². The van der Waals surface area contributed by atoms with E-state index in [-0.39, 0.29) is 6.09 Å². The van der Waals surface area contributed by atoms with Crippen LogP contribution in [0.25, 0.3) is 0 Å². The average molecular weight is 211 g/mol. The quantitative estimate of drug-likeness (QED) is 0.704. The molecular weight excluding hydrogens is 198 g/mol. The second-order valence-corrected chi connectivity index (χ2v) is 3.61. The molecule has 0 saturated carbocycles. The van der Waals surface area contributed by atoms with Crippen molar-refractivity contribution in [3.8, 4) is 0 Å². The molecule has 0 radical (unpaired) electrons. The fraction of sp³-hybridized carbons (Fsp3) is 0.300. The van der Waals surface area contributed by atoms with Gasteiger partial charge in [-0.1, -0.05) is 0 Å². The van der Waals surface area contributed by atoms with Crippen molar-refractivity contribution in [2.75, 3.05) is 25.3 Å². The van der Waals surface area contributed by atoms with Gasteiger partial charge < -0.3 is 4.74 Å². The van der Waals surface area contributed by atoms with Crippen molar-refractivity contribution >= 4 is 23.5 Å². The third-order valence-electron chi connectivity index (χ3n) is 1.91. The second-order valence-electron chi connectivity index (χ2n) is 2.73. The van der Waals surface area contributed by atoms with E-state index in [0.717, 1.165) is 5.69 Å². The number of carbonyl (C=O) groups excluding carboxylic acids is 1. The van der Waals surface area contributed by atoms with Gasteiger partial charge >= 0.3 is 6.09 Å². The Balaban J connectivity index is 2.81. The first kappa shape index (κ1) is 10.9. The van der Waals surface area contributed by atoms with Crippen molar-refractivity contribution in [3.63, 3.8) is 0 Å². The van der Waals surface area contributed by atoms with Gasteiger partial charge in [0.05, 0.1) is 7.11 Å². The summed E-state index contributed by atoms with van der Waals surface area (Å²) in [6, 6.07) is 7.73. The van der Waals surface area contributed by atoms with E-state index >= 15 is 0 Å². The van der Waals surface area contributed by atoms with Crippen molar-refractivity contribution in [2.24, 2.45) is 0 Å². The molecule has 3 nitrogen and oxygen atoms in total. The number of ether oxygens (including phenoxy) is 1. The highest BCUT2D eigenvalue weighted by Gasteiger charge is 2.09. The van der Waals surface area contributed by atoms with E-state index in [1.165, 1.54) is 16.9 Å². The number of carbonyl (C=O) groups is 1. The van der Waals surface area contributed by atoms with Crippen LogP contribution >= 0.6 is 11.8 Å². The molecule has 0 saturated heterocycles. The number of hydrogen-bond acceptors (Lipinski definition) is 3. The Kier molecular flexibility index (Phi) is 3.83. The van der Waals surface area contributed by atoms with E-state index in [9.17, 15) is 4.79 Å². The molecular formula is C10H13NO2S. The van der Waals surface area contributed by atoms with Crippen LogP contribution in [-0.4, -0.2) is 26.5 Å². The van der Waals surface area contributed by atoms with Gasteiger partial charge in [-0.3, -0.25) is 4.90 Å². The zero-order valence-corrected chi connectivity index (χ0v) is 9.30. The minimum absolute atomic E-state index is 0.359. The summed E-state index contributed by atoms with van der Waals surface area (Å²) in [5.41, 5.74) is 0.828. The van der Waals surface area contributed by atoms with Crippen LogP contribution < -0.4 is 4.90 Å². The van der Waals surface area contributed by atoms with Crippen LogP contribution in [0.15, 0.2) is 29.2 Å². The zero-order valence-electron chi connectivity index (χ0n) is 8.48. The maximum atomic E-state index is 11.2. The molecule has 0 fully saturated rings. The van der Waals surface area contributed by atoms with Gasteiger partial charge in [-0.25, -0.2) is 4.79 Å². The van der Waals surface area contributed by atoms with E-state index in [1.807, 2.05) is 30.5 Å². The van der Waals surface area contributed by atoms with Gasteiger partial charge in [-0.05, 0) is 30.5 Å². The van der Waals surface area contributed by atoms with Crippen molar-refractivity contribution in [1.29, 1.82) is 0 Å². The number of thioether (sulfide) groups is 1. The summed E-state index contributed by atoms with van der Waals surface area (Å²) in [6.45, 7) is 0. The molecule has 14 heavy (non-hydrogen) atoms. The Labute approximate surface area is 88.0 Å². The lowest BCUT2D eigenvalue weighted by atomic mass is 10.3. The maximum absolute atomic E-state index is 11.2. The molecule has 0 aliphatic carbocycles. The Hall–Kier alpha value is -1.16. The topological polar surface area (TPSA) is 29.5 Å². The van der Waals surface area contributed by atoms with Gasteiger partial charge in [-0.15, -0.1) is 11.8 Å². The normalized spacial score (nSPS) is 9.64. The van der Waals surface area contributed by atoms with Crippen LogP contribution in [0.3, 0.4) is 0 Å². The number of rotatable bonds is 2. The van der Waals surface area contributed by atoms with E-state index in [4.69, 9.17) is 0 Å². The van der Waals surface area contributed by atoms with Gasteiger partial charge in [0.1, 0.15) is 0 Å². The second kappa shape index (κ2) is 4.91. The first-order valence-corrected chi connectivity index (χ1v) is 5.37. The Bertz CT molecular complexity index is 310. The van der Waals surface area contributed by atoms with Crippen LogP contribution in [0.5, 0.6) is 0 Å². The first-order chi connectivity index (χ1) is 6.69. The predicted molar refractivity (Wildman–Crippen MR) is 59.0 cm³/mol. The molecule has 0 heterocycles. The molecule has 0 bridgehead atoms. The van der Waals surface area contributed by atoms with Crippen LogP contribution in [0.2, 0.25) is 0 Å². The molecule has 0 aliphatic heterocycles. The third-order valence-corrected chi connectivity index (χ3v) is 2.65. The molecule has 0 atom stereocenters.